The Morgan fingerprint density at radius 2 is 2.31 bits per heavy atom. The Bertz CT molecular complexity index is 265. The van der Waals surface area contributed by atoms with Gasteiger partial charge in [0.15, 0.2) is 0 Å². The van der Waals surface area contributed by atoms with Gasteiger partial charge in [-0.1, -0.05) is 19.1 Å². The van der Waals surface area contributed by atoms with Gasteiger partial charge in [-0.2, -0.15) is 0 Å². The van der Waals surface area contributed by atoms with Crippen LogP contribution in [0, 0.1) is 0 Å². The first kappa shape index (κ1) is 10.5. The molecule has 0 saturated heterocycles. The van der Waals surface area contributed by atoms with Crippen LogP contribution in [-0.4, -0.2) is 12.3 Å². The van der Waals surface area contributed by atoms with Crippen molar-refractivity contribution in [3.8, 4) is 0 Å². The largest absolute Gasteiger partial charge is 0.327 e. The van der Waals surface area contributed by atoms with E-state index in [1.165, 1.54) is 0 Å². The van der Waals surface area contributed by atoms with Crippen LogP contribution in [0.25, 0.3) is 0 Å². The monoisotopic (exact) mass is 199 g/mol. The highest BCUT2D eigenvalue weighted by Gasteiger charge is 2.06. The highest BCUT2D eigenvalue weighted by molar-refractivity contribution is 7.99. The maximum absolute atomic E-state index is 13.2. The van der Waals surface area contributed by atoms with E-state index in [2.05, 4.69) is 6.92 Å². The van der Waals surface area contributed by atoms with Crippen molar-refractivity contribution in [3.63, 3.8) is 0 Å². The molecule has 13 heavy (non-hydrogen) atoms. The van der Waals surface area contributed by atoms with Crippen LogP contribution in [0.15, 0.2) is 29.2 Å². The van der Waals surface area contributed by atoms with Crippen molar-refractivity contribution in [2.24, 2.45) is 5.73 Å². The summed E-state index contributed by atoms with van der Waals surface area (Å²) in [4.78, 5) is 1.11. The fourth-order valence-electron chi connectivity index (χ4n) is 1.10. The normalized spacial score (nSPS) is 12.8. The van der Waals surface area contributed by atoms with E-state index in [1.807, 2.05) is 18.2 Å². The van der Waals surface area contributed by atoms with Gasteiger partial charge in [-0.25, -0.2) is 4.39 Å². The number of nitrogens with two attached hydrogens (primary N) is 1. The Morgan fingerprint density at radius 1 is 1.54 bits per heavy atom. The summed E-state index contributed by atoms with van der Waals surface area (Å²) in [5, 5.41) is 0. The maximum Gasteiger partial charge on any atom is 0.137 e. The van der Waals surface area contributed by atoms with Gasteiger partial charge in [0, 0.05) is 11.4 Å². The molecular weight excluding hydrogens is 185 g/mol. The summed E-state index contributed by atoms with van der Waals surface area (Å²) in [5.74, 6) is 1.00. The van der Waals surface area contributed by atoms with Gasteiger partial charge in [-0.3, -0.25) is 0 Å². The number of hydrogen-bond donors (Lipinski definition) is 1. The van der Waals surface area contributed by atoms with Gasteiger partial charge in [0.05, 0.1) is 0 Å². The second-order valence-electron chi connectivity index (χ2n) is 2.71. The molecule has 1 unspecified atom stereocenters. The van der Waals surface area contributed by atoms with E-state index in [9.17, 15) is 4.39 Å². The molecule has 0 aromatic heterocycles. The van der Waals surface area contributed by atoms with Crippen molar-refractivity contribution in [1.29, 1.82) is 0 Å². The molecule has 1 nitrogen and oxygen atoms in total. The number of hydrogen-bond acceptors (Lipinski definition) is 2. The van der Waals surface area contributed by atoms with E-state index in [4.69, 9.17) is 5.73 Å². The van der Waals surface area contributed by atoms with Gasteiger partial charge in [-0.05, 0) is 23.4 Å². The molecule has 0 saturated carbocycles. The Kier molecular flexibility index (Phi) is 4.25. The van der Waals surface area contributed by atoms with Crippen LogP contribution in [0.2, 0.25) is 0 Å². The van der Waals surface area contributed by atoms with E-state index < -0.39 is 6.17 Å². The predicted octanol–water partition coefficient (Wildman–Crippen LogP) is 2.77. The fraction of sp³-hybridized carbons (Fsp3) is 0.400. The van der Waals surface area contributed by atoms with Crippen LogP contribution in [0.4, 0.5) is 4.39 Å². The van der Waals surface area contributed by atoms with Crippen molar-refractivity contribution in [2.45, 2.75) is 18.0 Å². The molecule has 0 bridgehead atoms. The summed E-state index contributed by atoms with van der Waals surface area (Å²) in [6.07, 6.45) is -1.03. The lowest BCUT2D eigenvalue weighted by molar-refractivity contribution is 0.352. The number of rotatable bonds is 4. The second-order valence-corrected chi connectivity index (χ2v) is 4.05. The van der Waals surface area contributed by atoms with Crippen molar-refractivity contribution >= 4 is 11.8 Å². The van der Waals surface area contributed by atoms with Crippen molar-refractivity contribution in [3.05, 3.63) is 29.8 Å². The Balaban J connectivity index is 2.78. The van der Waals surface area contributed by atoms with Crippen molar-refractivity contribution in [2.75, 3.05) is 12.3 Å². The van der Waals surface area contributed by atoms with Gasteiger partial charge in [0.25, 0.3) is 0 Å². The molecule has 0 aliphatic rings. The number of alkyl halides is 1. The summed E-state index contributed by atoms with van der Waals surface area (Å²) < 4.78 is 13.2. The fourth-order valence-corrected chi connectivity index (χ4v) is 1.83. The first-order chi connectivity index (χ1) is 6.27. The quantitative estimate of drug-likeness (QED) is 0.755. The van der Waals surface area contributed by atoms with Crippen LogP contribution < -0.4 is 5.73 Å². The molecule has 1 rings (SSSR count). The maximum atomic E-state index is 13.2. The molecule has 2 N–H and O–H groups in total. The van der Waals surface area contributed by atoms with Crippen LogP contribution in [0.1, 0.15) is 18.7 Å². The van der Waals surface area contributed by atoms with Gasteiger partial charge >= 0.3 is 0 Å². The Hall–Kier alpha value is -0.540. The zero-order valence-electron chi connectivity index (χ0n) is 7.66. The van der Waals surface area contributed by atoms with Gasteiger partial charge in [0.2, 0.25) is 0 Å². The third kappa shape index (κ3) is 3.01. The lowest BCUT2D eigenvalue weighted by atomic mass is 10.1. The van der Waals surface area contributed by atoms with E-state index in [0.29, 0.717) is 5.56 Å². The minimum absolute atomic E-state index is 0.0558. The molecule has 0 fully saturated rings. The Morgan fingerprint density at radius 3 is 2.92 bits per heavy atom. The first-order valence-corrected chi connectivity index (χ1v) is 5.33. The van der Waals surface area contributed by atoms with E-state index in [0.717, 1.165) is 10.6 Å². The average molecular weight is 199 g/mol. The van der Waals surface area contributed by atoms with Gasteiger partial charge in [0.1, 0.15) is 6.17 Å². The minimum atomic E-state index is -1.03. The topological polar surface area (TPSA) is 26.0 Å². The molecule has 0 spiro atoms. The minimum Gasteiger partial charge on any atom is -0.327 e. The molecule has 72 valence electrons. The lowest BCUT2D eigenvalue weighted by Crippen LogP contribution is -2.07. The zero-order valence-corrected chi connectivity index (χ0v) is 8.48. The lowest BCUT2D eigenvalue weighted by Gasteiger charge is -2.06. The number of thioether (sulfide) groups is 1. The standard InChI is InChI=1S/C10H14FNS/c1-2-13-9-5-3-4-8(6-9)10(11)7-12/h3-6,10H,2,7,12H2,1H3. The Labute approximate surface area is 82.5 Å². The zero-order chi connectivity index (χ0) is 9.68. The van der Waals surface area contributed by atoms with E-state index in [1.54, 1.807) is 17.8 Å². The smallest absolute Gasteiger partial charge is 0.137 e. The second kappa shape index (κ2) is 5.25. The highest BCUT2D eigenvalue weighted by atomic mass is 32.2. The van der Waals surface area contributed by atoms with Crippen LogP contribution in [0.5, 0.6) is 0 Å². The van der Waals surface area contributed by atoms with Gasteiger partial charge < -0.3 is 5.73 Å². The third-order valence-corrected chi connectivity index (χ3v) is 2.61. The molecule has 0 radical (unpaired) electrons. The molecule has 0 aliphatic heterocycles. The molecule has 0 heterocycles. The van der Waals surface area contributed by atoms with Crippen molar-refractivity contribution in [1.82, 2.24) is 0 Å². The summed E-state index contributed by atoms with van der Waals surface area (Å²) in [5.41, 5.74) is 5.93. The molecule has 0 aliphatic carbocycles. The predicted molar refractivity (Wildman–Crippen MR) is 55.7 cm³/mol. The van der Waals surface area contributed by atoms with Crippen LogP contribution in [-0.2, 0) is 0 Å². The van der Waals surface area contributed by atoms with E-state index in [-0.39, 0.29) is 6.54 Å². The molecule has 0 amide bonds. The van der Waals surface area contributed by atoms with Crippen LogP contribution >= 0.6 is 11.8 Å². The van der Waals surface area contributed by atoms with E-state index >= 15 is 0 Å². The highest BCUT2D eigenvalue weighted by Crippen LogP contribution is 2.23. The molecule has 1 atom stereocenters. The van der Waals surface area contributed by atoms with Crippen molar-refractivity contribution < 1.29 is 4.39 Å². The molecule has 3 heteroatoms. The SMILES string of the molecule is CCSc1cccc(C(F)CN)c1. The van der Waals surface area contributed by atoms with Gasteiger partial charge in [-0.15, -0.1) is 11.8 Å². The van der Waals surface area contributed by atoms with Crippen LogP contribution in [0.3, 0.4) is 0 Å². The summed E-state index contributed by atoms with van der Waals surface area (Å²) >= 11 is 1.71. The summed E-state index contributed by atoms with van der Waals surface area (Å²) in [6.45, 7) is 2.13. The molecule has 1 aromatic rings. The third-order valence-electron chi connectivity index (χ3n) is 1.74. The first-order valence-electron chi connectivity index (χ1n) is 4.34. The summed E-state index contributed by atoms with van der Waals surface area (Å²) in [6, 6.07) is 7.50. The summed E-state index contributed by atoms with van der Waals surface area (Å²) in [7, 11) is 0. The number of benzene rings is 1. The average Bonchev–Trinajstić information content (AvgIpc) is 2.18. The molecule has 1 aromatic carbocycles. The number of halogens is 1. The molecular formula is C10H14FNS.